The third-order valence-corrected chi connectivity index (χ3v) is 7.42. The van der Waals surface area contributed by atoms with Gasteiger partial charge >= 0.3 is 23.9 Å². The van der Waals surface area contributed by atoms with E-state index in [1.165, 1.54) is 0 Å². The normalized spacial score (nSPS) is 18.2. The molecule has 1 aliphatic rings. The van der Waals surface area contributed by atoms with E-state index in [1.54, 1.807) is 50.8 Å². The number of benzene rings is 1. The van der Waals surface area contributed by atoms with Gasteiger partial charge in [-0.3, -0.25) is 38.8 Å². The monoisotopic (exact) mass is 610 g/mol. The Bertz CT molecular complexity index is 993. The number of hydrogen-bond donors (Lipinski definition) is 4. The van der Waals surface area contributed by atoms with E-state index < -0.39 is 36.0 Å². The summed E-state index contributed by atoms with van der Waals surface area (Å²) < 4.78 is 10.9. The van der Waals surface area contributed by atoms with Crippen LogP contribution in [0, 0.1) is 0 Å². The number of ether oxygens (including phenoxy) is 2. The first kappa shape index (κ1) is 35.9. The maximum atomic E-state index is 12.5. The fraction of sp³-hybridized carbons (Fsp3) is 0.655. The summed E-state index contributed by atoms with van der Waals surface area (Å²) in [6, 6.07) is 5.40. The number of nitrogens with zero attached hydrogens (tertiary/aromatic N) is 4. The number of rotatable bonds is 16. The van der Waals surface area contributed by atoms with Gasteiger partial charge in [-0.1, -0.05) is 19.1 Å². The Labute approximate surface area is 252 Å². The highest BCUT2D eigenvalue weighted by atomic mass is 16.5. The molecule has 1 fully saturated rings. The fourth-order valence-electron chi connectivity index (χ4n) is 5.12. The first-order chi connectivity index (χ1) is 20.5. The molecule has 0 amide bonds. The van der Waals surface area contributed by atoms with Crippen molar-refractivity contribution in [3.8, 4) is 5.75 Å². The molecule has 1 aromatic rings. The Morgan fingerprint density at radius 1 is 0.698 bits per heavy atom. The van der Waals surface area contributed by atoms with Crippen molar-refractivity contribution in [3.05, 3.63) is 29.8 Å². The SMILES string of the molecule is CCOCCOc1ccc(CC(C(=O)O)N2CCN(CC(=O)O)CCN(C(CC)C(=O)O)CCN(CC(=O)O)CC2)cc1. The van der Waals surface area contributed by atoms with Crippen molar-refractivity contribution in [1.82, 2.24) is 19.6 Å². The summed E-state index contributed by atoms with van der Waals surface area (Å²) in [4.78, 5) is 54.5. The van der Waals surface area contributed by atoms with Crippen LogP contribution in [-0.2, 0) is 30.3 Å². The molecule has 14 heteroatoms. The van der Waals surface area contributed by atoms with Gasteiger partial charge < -0.3 is 29.9 Å². The van der Waals surface area contributed by atoms with E-state index in [-0.39, 0.29) is 71.9 Å². The molecule has 4 N–H and O–H groups in total. The van der Waals surface area contributed by atoms with Gasteiger partial charge in [0.1, 0.15) is 24.4 Å². The van der Waals surface area contributed by atoms with Gasteiger partial charge in [-0.2, -0.15) is 0 Å². The van der Waals surface area contributed by atoms with Crippen molar-refractivity contribution < 1.29 is 49.1 Å². The molecule has 0 saturated carbocycles. The van der Waals surface area contributed by atoms with E-state index in [9.17, 15) is 39.6 Å². The highest BCUT2D eigenvalue weighted by Crippen LogP contribution is 2.17. The largest absolute Gasteiger partial charge is 0.491 e. The van der Waals surface area contributed by atoms with E-state index >= 15 is 0 Å². The van der Waals surface area contributed by atoms with Gasteiger partial charge in [0.05, 0.1) is 19.7 Å². The minimum atomic E-state index is -1.04. The maximum absolute atomic E-state index is 12.5. The predicted molar refractivity (Wildman–Crippen MR) is 157 cm³/mol. The Morgan fingerprint density at radius 3 is 1.56 bits per heavy atom. The highest BCUT2D eigenvalue weighted by molar-refractivity contribution is 5.74. The van der Waals surface area contributed by atoms with Gasteiger partial charge in [-0.05, 0) is 37.5 Å². The number of hydrogen-bond acceptors (Lipinski definition) is 10. The molecule has 0 aromatic heterocycles. The summed E-state index contributed by atoms with van der Waals surface area (Å²) >= 11 is 0. The van der Waals surface area contributed by atoms with E-state index in [2.05, 4.69) is 0 Å². The molecule has 1 aliphatic heterocycles. The molecule has 1 heterocycles. The predicted octanol–water partition coefficient (Wildman–Crippen LogP) is 0.352. The molecule has 14 nitrogen and oxygen atoms in total. The third-order valence-electron chi connectivity index (χ3n) is 7.42. The third kappa shape index (κ3) is 13.3. The lowest BCUT2D eigenvalue weighted by Crippen LogP contribution is -2.53. The molecule has 43 heavy (non-hydrogen) atoms. The first-order valence-electron chi connectivity index (χ1n) is 14.6. The molecule has 0 radical (unpaired) electrons. The number of carboxylic acid groups (broad SMARTS) is 4. The molecule has 2 unspecified atom stereocenters. The molecule has 2 rings (SSSR count). The molecule has 0 spiro atoms. The average molecular weight is 611 g/mol. The van der Waals surface area contributed by atoms with Crippen LogP contribution in [0.4, 0.5) is 0 Å². The van der Waals surface area contributed by atoms with Crippen LogP contribution in [0.2, 0.25) is 0 Å². The second kappa shape index (κ2) is 19.1. The zero-order valence-corrected chi connectivity index (χ0v) is 25.1. The van der Waals surface area contributed by atoms with E-state index in [0.29, 0.717) is 32.0 Å². The number of carbonyl (C=O) groups is 4. The van der Waals surface area contributed by atoms with Gasteiger partial charge in [-0.15, -0.1) is 0 Å². The van der Waals surface area contributed by atoms with Crippen molar-refractivity contribution in [2.24, 2.45) is 0 Å². The van der Waals surface area contributed by atoms with Gasteiger partial charge in [-0.25, -0.2) is 0 Å². The minimum Gasteiger partial charge on any atom is -0.491 e. The van der Waals surface area contributed by atoms with Crippen LogP contribution < -0.4 is 4.74 Å². The van der Waals surface area contributed by atoms with Crippen molar-refractivity contribution >= 4 is 23.9 Å². The Kier molecular flexibility index (Phi) is 15.9. The van der Waals surface area contributed by atoms with Crippen LogP contribution in [0.1, 0.15) is 25.8 Å². The summed E-state index contributed by atoms with van der Waals surface area (Å²) in [7, 11) is 0. The average Bonchev–Trinajstić information content (AvgIpc) is 2.94. The summed E-state index contributed by atoms with van der Waals surface area (Å²) in [6.07, 6.45) is 0.513. The summed E-state index contributed by atoms with van der Waals surface area (Å²) in [5.74, 6) is -3.48. The summed E-state index contributed by atoms with van der Waals surface area (Å²) in [5.41, 5.74) is 0.773. The molecule has 242 valence electrons. The quantitative estimate of drug-likeness (QED) is 0.188. The molecule has 1 saturated heterocycles. The minimum absolute atomic E-state index is 0.178. The van der Waals surface area contributed by atoms with Crippen LogP contribution >= 0.6 is 0 Å². The van der Waals surface area contributed by atoms with Gasteiger partial charge in [0.2, 0.25) is 0 Å². The van der Waals surface area contributed by atoms with Crippen molar-refractivity contribution in [2.75, 3.05) is 85.3 Å². The standard InChI is InChI=1S/C29H46N4O10/c1-3-24(28(38)39)32-13-9-30(20-26(34)35)11-15-33(16-12-31(10-14-32)21-27(36)37)25(29(40)41)19-22-5-7-23(8-6-22)43-18-17-42-4-2/h5-8,24-25H,3-4,9-21H2,1-2H3,(H,34,35)(H,36,37)(H,38,39)(H,40,41). The van der Waals surface area contributed by atoms with Gasteiger partial charge in [0, 0.05) is 59.0 Å². The molecular formula is C29H46N4O10. The van der Waals surface area contributed by atoms with Crippen LogP contribution in [0.25, 0.3) is 0 Å². The van der Waals surface area contributed by atoms with Crippen molar-refractivity contribution in [1.29, 1.82) is 0 Å². The first-order valence-corrected chi connectivity index (χ1v) is 14.6. The molecule has 2 atom stereocenters. The lowest BCUT2D eigenvalue weighted by Gasteiger charge is -2.36. The second-order valence-electron chi connectivity index (χ2n) is 10.4. The smallest absolute Gasteiger partial charge is 0.321 e. The molecule has 1 aromatic carbocycles. The molecular weight excluding hydrogens is 564 g/mol. The highest BCUT2D eigenvalue weighted by Gasteiger charge is 2.30. The lowest BCUT2D eigenvalue weighted by atomic mass is 10.0. The zero-order chi connectivity index (χ0) is 31.8. The van der Waals surface area contributed by atoms with Gasteiger partial charge in [0.15, 0.2) is 0 Å². The number of carboxylic acids is 4. The maximum Gasteiger partial charge on any atom is 0.321 e. The van der Waals surface area contributed by atoms with Crippen LogP contribution in [0.5, 0.6) is 5.75 Å². The molecule has 0 bridgehead atoms. The Morgan fingerprint density at radius 2 is 1.16 bits per heavy atom. The van der Waals surface area contributed by atoms with Crippen LogP contribution in [-0.4, -0.2) is 161 Å². The number of aliphatic carboxylic acids is 4. The molecule has 0 aliphatic carbocycles. The summed E-state index contributed by atoms with van der Waals surface area (Å²) in [6.45, 7) is 6.51. The van der Waals surface area contributed by atoms with Crippen molar-refractivity contribution in [3.63, 3.8) is 0 Å². The van der Waals surface area contributed by atoms with Crippen LogP contribution in [0.3, 0.4) is 0 Å². The fourth-order valence-corrected chi connectivity index (χ4v) is 5.12. The van der Waals surface area contributed by atoms with Crippen LogP contribution in [0.15, 0.2) is 24.3 Å². The van der Waals surface area contributed by atoms with E-state index in [1.807, 2.05) is 6.92 Å². The van der Waals surface area contributed by atoms with Gasteiger partial charge in [0.25, 0.3) is 0 Å². The second-order valence-corrected chi connectivity index (χ2v) is 10.4. The topological polar surface area (TPSA) is 181 Å². The van der Waals surface area contributed by atoms with Crippen molar-refractivity contribution in [2.45, 2.75) is 38.8 Å². The van der Waals surface area contributed by atoms with E-state index in [0.717, 1.165) is 5.56 Å². The Hall–Kier alpha value is -3.30. The lowest BCUT2D eigenvalue weighted by molar-refractivity contribution is -0.145. The zero-order valence-electron chi connectivity index (χ0n) is 25.1. The van der Waals surface area contributed by atoms with E-state index in [4.69, 9.17) is 9.47 Å². The summed E-state index contributed by atoms with van der Waals surface area (Å²) in [5, 5.41) is 39.0. The Balaban J connectivity index is 2.26.